The number of nitrogens with zero attached hydrogens (tertiary/aromatic N) is 3. The molecule has 0 saturated carbocycles. The summed E-state index contributed by atoms with van der Waals surface area (Å²) in [7, 11) is 0. The Morgan fingerprint density at radius 1 is 1.20 bits per heavy atom. The molecule has 5 nitrogen and oxygen atoms in total. The molecule has 1 N–H and O–H groups in total. The van der Waals surface area contributed by atoms with E-state index in [-0.39, 0.29) is 11.7 Å². The van der Waals surface area contributed by atoms with Gasteiger partial charge in [-0.05, 0) is 24.3 Å². The Morgan fingerprint density at radius 3 is 2.73 bits per heavy atom. The molecule has 0 atom stereocenters. The number of hydrogen-bond acceptors (Lipinski definition) is 5. The summed E-state index contributed by atoms with van der Waals surface area (Å²) >= 11 is 14.9. The fraction of sp³-hybridized carbons (Fsp3) is 0.0952. The number of hydrogen-bond donors (Lipinski definition) is 1. The summed E-state index contributed by atoms with van der Waals surface area (Å²) in [5, 5.41) is 16.3. The van der Waals surface area contributed by atoms with Crippen molar-refractivity contribution >= 4 is 68.0 Å². The van der Waals surface area contributed by atoms with Crippen LogP contribution in [0.25, 0.3) is 21.5 Å². The quantitative estimate of drug-likeness (QED) is 0.249. The topological polar surface area (TPSA) is 59.8 Å². The van der Waals surface area contributed by atoms with Crippen LogP contribution in [-0.4, -0.2) is 26.4 Å². The van der Waals surface area contributed by atoms with Crippen LogP contribution in [0, 0.1) is 0 Å². The number of thiophene rings is 1. The summed E-state index contributed by atoms with van der Waals surface area (Å²) in [6.45, 7) is 4.38. The molecule has 0 spiro atoms. The Morgan fingerprint density at radius 2 is 1.97 bits per heavy atom. The van der Waals surface area contributed by atoms with Crippen molar-refractivity contribution in [3.63, 3.8) is 0 Å². The first-order chi connectivity index (χ1) is 14.5. The minimum atomic E-state index is -0.186. The molecule has 0 saturated heterocycles. The Balaban J connectivity index is 1.53. The standard InChI is InChI=1S/C21H16Cl2N4OS2/c1-2-7-27-20(17-11-29-18-6-4-3-5-16(17)18)25-26-21(27)30-12-19(28)24-15-9-13(22)8-14(23)10-15/h2-6,8-11H,1,7,12H2,(H,24,28). The summed E-state index contributed by atoms with van der Waals surface area (Å²) in [6.07, 6.45) is 1.79. The lowest BCUT2D eigenvalue weighted by Crippen LogP contribution is -2.14. The molecule has 2 heterocycles. The van der Waals surface area contributed by atoms with E-state index in [9.17, 15) is 4.79 Å². The lowest BCUT2D eigenvalue weighted by atomic mass is 10.1. The second-order valence-electron chi connectivity index (χ2n) is 6.35. The smallest absolute Gasteiger partial charge is 0.234 e. The summed E-state index contributed by atoms with van der Waals surface area (Å²) in [6, 6.07) is 13.1. The van der Waals surface area contributed by atoms with Crippen LogP contribution < -0.4 is 5.32 Å². The zero-order valence-corrected chi connectivity index (χ0v) is 18.8. The number of aromatic nitrogens is 3. The van der Waals surface area contributed by atoms with Gasteiger partial charge in [-0.2, -0.15) is 0 Å². The molecule has 1 amide bonds. The Labute approximate surface area is 191 Å². The Hall–Kier alpha value is -2.32. The van der Waals surface area contributed by atoms with Crippen LogP contribution in [0.2, 0.25) is 10.0 Å². The van der Waals surface area contributed by atoms with E-state index in [0.717, 1.165) is 16.8 Å². The number of halogens is 2. The van der Waals surface area contributed by atoms with Gasteiger partial charge in [0.05, 0.1) is 5.75 Å². The van der Waals surface area contributed by atoms with Crippen molar-refractivity contribution in [3.05, 3.63) is 70.5 Å². The molecule has 0 bridgehead atoms. The molecule has 0 aliphatic carbocycles. The molecule has 0 fully saturated rings. The minimum absolute atomic E-state index is 0.170. The first-order valence-corrected chi connectivity index (χ1v) is 11.6. The summed E-state index contributed by atoms with van der Waals surface area (Å²) < 4.78 is 3.16. The highest BCUT2D eigenvalue weighted by Crippen LogP contribution is 2.34. The van der Waals surface area contributed by atoms with Crippen molar-refractivity contribution in [2.45, 2.75) is 11.7 Å². The van der Waals surface area contributed by atoms with Gasteiger partial charge in [-0.15, -0.1) is 28.1 Å². The fourth-order valence-corrected chi connectivity index (χ4v) is 5.21. The Kier molecular flexibility index (Phi) is 6.43. The van der Waals surface area contributed by atoms with Crippen molar-refractivity contribution in [1.82, 2.24) is 14.8 Å². The molecule has 4 aromatic rings. The molecule has 0 aliphatic rings. The zero-order valence-electron chi connectivity index (χ0n) is 15.6. The molecule has 0 unspecified atom stereocenters. The maximum atomic E-state index is 12.4. The summed E-state index contributed by atoms with van der Waals surface area (Å²) in [5.41, 5.74) is 1.57. The van der Waals surface area contributed by atoms with E-state index in [1.165, 1.54) is 16.5 Å². The number of amides is 1. The van der Waals surface area contributed by atoms with E-state index in [1.54, 1.807) is 35.6 Å². The van der Waals surface area contributed by atoms with Crippen LogP contribution in [0.4, 0.5) is 5.69 Å². The second kappa shape index (κ2) is 9.22. The number of allylic oxidation sites excluding steroid dienone is 1. The number of carbonyl (C=O) groups excluding carboxylic acids is 1. The normalized spacial score (nSPS) is 11.0. The van der Waals surface area contributed by atoms with Gasteiger partial charge in [-0.25, -0.2) is 0 Å². The third-order valence-electron chi connectivity index (χ3n) is 4.23. The molecule has 152 valence electrons. The van der Waals surface area contributed by atoms with Gasteiger partial charge in [-0.3, -0.25) is 9.36 Å². The summed E-state index contributed by atoms with van der Waals surface area (Å²) in [5.74, 6) is 0.745. The number of nitrogens with one attached hydrogen (secondary N) is 1. The van der Waals surface area contributed by atoms with E-state index < -0.39 is 0 Å². The monoisotopic (exact) mass is 474 g/mol. The van der Waals surface area contributed by atoms with Crippen molar-refractivity contribution in [3.8, 4) is 11.4 Å². The molecule has 2 aromatic heterocycles. The van der Waals surface area contributed by atoms with E-state index >= 15 is 0 Å². The van der Waals surface area contributed by atoms with Crippen LogP contribution in [0.15, 0.2) is 65.7 Å². The van der Waals surface area contributed by atoms with Crippen molar-refractivity contribution in [2.75, 3.05) is 11.1 Å². The third-order valence-corrected chi connectivity index (χ3v) is 6.60. The number of fused-ring (bicyclic) bond motifs is 1. The predicted molar refractivity (Wildman–Crippen MR) is 127 cm³/mol. The van der Waals surface area contributed by atoms with Crippen LogP contribution in [0.5, 0.6) is 0 Å². The maximum Gasteiger partial charge on any atom is 0.234 e. The van der Waals surface area contributed by atoms with Crippen LogP contribution in [0.1, 0.15) is 0 Å². The van der Waals surface area contributed by atoms with Gasteiger partial charge >= 0.3 is 0 Å². The van der Waals surface area contributed by atoms with E-state index in [2.05, 4.69) is 39.6 Å². The lowest BCUT2D eigenvalue weighted by Gasteiger charge is -2.08. The van der Waals surface area contributed by atoms with E-state index in [0.29, 0.717) is 27.4 Å². The highest BCUT2D eigenvalue weighted by molar-refractivity contribution is 7.99. The molecule has 0 aliphatic heterocycles. The Bertz CT molecular complexity index is 1210. The van der Waals surface area contributed by atoms with Crippen LogP contribution in [-0.2, 0) is 11.3 Å². The van der Waals surface area contributed by atoms with E-state index in [4.69, 9.17) is 23.2 Å². The van der Waals surface area contributed by atoms with E-state index in [1.807, 2.05) is 16.7 Å². The highest BCUT2D eigenvalue weighted by Gasteiger charge is 2.18. The maximum absolute atomic E-state index is 12.4. The second-order valence-corrected chi connectivity index (χ2v) is 9.07. The number of rotatable bonds is 7. The molecular weight excluding hydrogens is 459 g/mol. The number of carbonyl (C=O) groups is 1. The first kappa shape index (κ1) is 20.9. The van der Waals surface area contributed by atoms with Gasteiger partial charge in [0, 0.05) is 43.3 Å². The average Bonchev–Trinajstić information content (AvgIpc) is 3.30. The minimum Gasteiger partial charge on any atom is -0.325 e. The van der Waals surface area contributed by atoms with Crippen molar-refractivity contribution in [2.24, 2.45) is 0 Å². The van der Waals surface area contributed by atoms with Gasteiger partial charge < -0.3 is 5.32 Å². The lowest BCUT2D eigenvalue weighted by molar-refractivity contribution is -0.113. The SMILES string of the molecule is C=CCn1c(SCC(=O)Nc2cc(Cl)cc(Cl)c2)nnc1-c1csc2ccccc12. The molecular formula is C21H16Cl2N4OS2. The number of thioether (sulfide) groups is 1. The highest BCUT2D eigenvalue weighted by atomic mass is 35.5. The average molecular weight is 475 g/mol. The van der Waals surface area contributed by atoms with Crippen LogP contribution in [0.3, 0.4) is 0 Å². The molecule has 30 heavy (non-hydrogen) atoms. The van der Waals surface area contributed by atoms with Gasteiger partial charge in [0.1, 0.15) is 0 Å². The van der Waals surface area contributed by atoms with Gasteiger partial charge in [-0.1, -0.05) is 59.2 Å². The predicted octanol–water partition coefficient (Wildman–Crippen LogP) is 6.38. The molecule has 4 rings (SSSR count). The van der Waals surface area contributed by atoms with Crippen molar-refractivity contribution < 1.29 is 4.79 Å². The van der Waals surface area contributed by atoms with Gasteiger partial charge in [0.2, 0.25) is 5.91 Å². The van der Waals surface area contributed by atoms with Crippen molar-refractivity contribution in [1.29, 1.82) is 0 Å². The van der Waals surface area contributed by atoms with Crippen LogP contribution >= 0.6 is 46.3 Å². The molecule has 9 heteroatoms. The first-order valence-electron chi connectivity index (χ1n) is 8.94. The summed E-state index contributed by atoms with van der Waals surface area (Å²) in [4.78, 5) is 12.4. The third kappa shape index (κ3) is 4.54. The number of anilines is 1. The fourth-order valence-electron chi connectivity index (χ4n) is 2.99. The molecule has 2 aromatic carbocycles. The molecule has 0 radical (unpaired) electrons. The largest absolute Gasteiger partial charge is 0.325 e. The zero-order chi connectivity index (χ0) is 21.1. The van der Waals surface area contributed by atoms with Gasteiger partial charge in [0.25, 0.3) is 0 Å². The number of benzene rings is 2. The van der Waals surface area contributed by atoms with Gasteiger partial charge in [0.15, 0.2) is 11.0 Å².